The van der Waals surface area contributed by atoms with Crippen LogP contribution in [-0.2, 0) is 14.3 Å². The average Bonchev–Trinajstić information content (AvgIpc) is 3.36. The lowest BCUT2D eigenvalue weighted by molar-refractivity contribution is -0.143. The smallest absolute Gasteiger partial charge is 0.305 e. The van der Waals surface area contributed by atoms with Gasteiger partial charge in [-0.3, -0.25) is 9.59 Å². The predicted octanol–water partition coefficient (Wildman–Crippen LogP) is 19.8. The van der Waals surface area contributed by atoms with E-state index < -0.39 is 12.1 Å². The Morgan fingerprint density at radius 1 is 0.386 bits per heavy atom. The first-order valence-corrected chi connectivity index (χ1v) is 31.6. The van der Waals surface area contributed by atoms with Crippen molar-refractivity contribution in [3.05, 3.63) is 24.3 Å². The molecule has 0 aliphatic heterocycles. The molecule has 6 nitrogen and oxygen atoms in total. The highest BCUT2D eigenvalue weighted by molar-refractivity contribution is 5.76. The summed E-state index contributed by atoms with van der Waals surface area (Å²) in [4.78, 5) is 24.6. The minimum absolute atomic E-state index is 0.00990. The summed E-state index contributed by atoms with van der Waals surface area (Å²) in [5.74, 6) is -0.0647. The van der Waals surface area contributed by atoms with Crippen LogP contribution in [-0.4, -0.2) is 47.4 Å². The molecule has 0 heterocycles. The van der Waals surface area contributed by atoms with Gasteiger partial charge < -0.3 is 20.3 Å². The molecule has 1 amide bonds. The van der Waals surface area contributed by atoms with Crippen LogP contribution >= 0.6 is 0 Å². The van der Waals surface area contributed by atoms with Gasteiger partial charge in [-0.1, -0.05) is 301 Å². The van der Waals surface area contributed by atoms with Gasteiger partial charge in [0.25, 0.3) is 0 Å². The van der Waals surface area contributed by atoms with Crippen molar-refractivity contribution in [1.82, 2.24) is 5.32 Å². The molecule has 414 valence electrons. The number of carbonyl (C=O) groups is 2. The molecule has 0 fully saturated rings. The highest BCUT2D eigenvalue weighted by Crippen LogP contribution is 2.17. The molecule has 0 saturated carbocycles. The molecule has 70 heavy (non-hydrogen) atoms. The van der Waals surface area contributed by atoms with E-state index in [9.17, 15) is 19.8 Å². The maximum absolute atomic E-state index is 12.5. The molecule has 2 atom stereocenters. The topological polar surface area (TPSA) is 95.9 Å². The fraction of sp³-hybridized carbons (Fsp3) is 0.906. The number of hydrogen-bond acceptors (Lipinski definition) is 5. The molecule has 0 aromatic rings. The number of hydrogen-bond donors (Lipinski definition) is 3. The summed E-state index contributed by atoms with van der Waals surface area (Å²) >= 11 is 0. The molecular weight excluding hydrogens is 863 g/mol. The number of rotatable bonds is 59. The lowest BCUT2D eigenvalue weighted by atomic mass is 10.0. The molecule has 0 aliphatic rings. The third-order valence-corrected chi connectivity index (χ3v) is 14.7. The number of nitrogens with one attached hydrogen (secondary N) is 1. The maximum Gasteiger partial charge on any atom is 0.305 e. The lowest BCUT2D eigenvalue weighted by Gasteiger charge is -2.20. The van der Waals surface area contributed by atoms with Crippen molar-refractivity contribution in [2.45, 2.75) is 360 Å². The first kappa shape index (κ1) is 68.3. The normalized spacial score (nSPS) is 12.7. The Hall–Kier alpha value is -1.66. The van der Waals surface area contributed by atoms with E-state index in [2.05, 4.69) is 31.3 Å². The highest BCUT2D eigenvalue weighted by atomic mass is 16.5. The van der Waals surface area contributed by atoms with E-state index in [0.29, 0.717) is 19.4 Å². The van der Waals surface area contributed by atoms with Crippen molar-refractivity contribution in [2.75, 3.05) is 13.2 Å². The second-order valence-electron chi connectivity index (χ2n) is 21.7. The monoisotopic (exact) mass is 986 g/mol. The predicted molar refractivity (Wildman–Crippen MR) is 306 cm³/mol. The van der Waals surface area contributed by atoms with Crippen LogP contribution in [0.1, 0.15) is 348 Å². The van der Waals surface area contributed by atoms with Crippen LogP contribution in [0.15, 0.2) is 24.3 Å². The molecule has 6 heteroatoms. The zero-order valence-corrected chi connectivity index (χ0v) is 47.3. The SMILES string of the molecule is CCCCCCCCCCCCCCCC/C=C/C(O)C(CO)NC(=O)CCCCCCCCC/C=C\CCCCCCCCCCCOC(=O)CCCCCCCCCCCCCCCCCCC. The number of esters is 1. The third-order valence-electron chi connectivity index (χ3n) is 14.7. The summed E-state index contributed by atoms with van der Waals surface area (Å²) in [6.07, 6.45) is 73.6. The quantitative estimate of drug-likeness (QED) is 0.0321. The molecule has 0 aromatic heterocycles. The van der Waals surface area contributed by atoms with Crippen LogP contribution in [0.2, 0.25) is 0 Å². The van der Waals surface area contributed by atoms with Crippen LogP contribution < -0.4 is 5.32 Å². The average molecular weight is 987 g/mol. The molecular formula is C64H123NO5. The van der Waals surface area contributed by atoms with Gasteiger partial charge in [-0.15, -0.1) is 0 Å². The van der Waals surface area contributed by atoms with E-state index in [1.165, 1.54) is 276 Å². The fourth-order valence-electron chi connectivity index (χ4n) is 9.87. The lowest BCUT2D eigenvalue weighted by Crippen LogP contribution is -2.45. The van der Waals surface area contributed by atoms with E-state index in [1.807, 2.05) is 6.08 Å². The van der Waals surface area contributed by atoms with E-state index >= 15 is 0 Å². The Kier molecular flexibility index (Phi) is 58.5. The largest absolute Gasteiger partial charge is 0.466 e. The van der Waals surface area contributed by atoms with E-state index in [4.69, 9.17) is 4.74 Å². The zero-order chi connectivity index (χ0) is 50.7. The highest BCUT2D eigenvalue weighted by Gasteiger charge is 2.18. The summed E-state index contributed by atoms with van der Waals surface area (Å²) in [6.45, 7) is 4.92. The van der Waals surface area contributed by atoms with Gasteiger partial charge in [0.1, 0.15) is 0 Å². The van der Waals surface area contributed by atoms with E-state index in [0.717, 1.165) is 44.9 Å². The van der Waals surface area contributed by atoms with Crippen LogP contribution in [0.25, 0.3) is 0 Å². The Labute approximate surface area is 437 Å². The number of allylic oxidation sites excluding steroid dienone is 3. The second kappa shape index (κ2) is 59.9. The molecule has 0 saturated heterocycles. The number of ether oxygens (including phenoxy) is 1. The van der Waals surface area contributed by atoms with Gasteiger partial charge in [0, 0.05) is 12.8 Å². The number of carbonyl (C=O) groups excluding carboxylic acids is 2. The van der Waals surface area contributed by atoms with Gasteiger partial charge in [0.15, 0.2) is 0 Å². The van der Waals surface area contributed by atoms with Gasteiger partial charge in [0.2, 0.25) is 5.91 Å². The summed E-state index contributed by atoms with van der Waals surface area (Å²) < 4.78 is 5.49. The number of aliphatic hydroxyl groups excluding tert-OH is 2. The Bertz CT molecular complexity index is 1090. The standard InChI is InChI=1S/C64H123NO5/c1-3-5-7-9-11-13-15-17-19-25-30-34-38-42-46-50-54-58-64(69)70-59-55-51-47-43-39-35-31-27-24-22-21-23-26-29-33-37-41-45-49-53-57-63(68)65-61(60-66)62(67)56-52-48-44-40-36-32-28-20-18-16-14-12-10-8-6-4-2/h21,23,52,56,61-62,66-67H,3-20,22,24-51,53-55,57-60H2,1-2H3,(H,65,68)/b23-21-,56-52+. The number of unbranched alkanes of at least 4 members (excludes halogenated alkanes) is 46. The summed E-state index contributed by atoms with van der Waals surface area (Å²) in [5.41, 5.74) is 0. The first-order valence-electron chi connectivity index (χ1n) is 31.6. The molecule has 0 radical (unpaired) electrons. The fourth-order valence-corrected chi connectivity index (χ4v) is 9.87. The van der Waals surface area contributed by atoms with Crippen molar-refractivity contribution < 1.29 is 24.5 Å². The van der Waals surface area contributed by atoms with Crippen LogP contribution in [0.4, 0.5) is 0 Å². The second-order valence-corrected chi connectivity index (χ2v) is 21.7. The summed E-state index contributed by atoms with van der Waals surface area (Å²) in [6, 6.07) is -0.634. The van der Waals surface area contributed by atoms with Crippen LogP contribution in [0, 0.1) is 0 Å². The zero-order valence-electron chi connectivity index (χ0n) is 47.3. The minimum atomic E-state index is -0.850. The van der Waals surface area contributed by atoms with Crippen molar-refractivity contribution in [3.8, 4) is 0 Å². The molecule has 0 aromatic carbocycles. The number of aliphatic hydroxyl groups is 2. The molecule has 0 aliphatic carbocycles. The van der Waals surface area contributed by atoms with Gasteiger partial charge in [-0.25, -0.2) is 0 Å². The Morgan fingerprint density at radius 3 is 1.01 bits per heavy atom. The summed E-state index contributed by atoms with van der Waals surface area (Å²) in [7, 11) is 0. The Morgan fingerprint density at radius 2 is 0.671 bits per heavy atom. The Balaban J connectivity index is 3.43. The van der Waals surface area contributed by atoms with Gasteiger partial charge in [0.05, 0.1) is 25.4 Å². The van der Waals surface area contributed by atoms with Crippen molar-refractivity contribution in [1.29, 1.82) is 0 Å². The summed E-state index contributed by atoms with van der Waals surface area (Å²) in [5, 5.41) is 23.1. The van der Waals surface area contributed by atoms with E-state index in [1.54, 1.807) is 6.08 Å². The number of amides is 1. The molecule has 0 bridgehead atoms. The van der Waals surface area contributed by atoms with Gasteiger partial charge in [-0.2, -0.15) is 0 Å². The minimum Gasteiger partial charge on any atom is -0.466 e. The molecule has 0 rings (SSSR count). The molecule has 0 spiro atoms. The van der Waals surface area contributed by atoms with E-state index in [-0.39, 0.29) is 18.5 Å². The van der Waals surface area contributed by atoms with Crippen molar-refractivity contribution in [3.63, 3.8) is 0 Å². The van der Waals surface area contributed by atoms with Crippen molar-refractivity contribution >= 4 is 11.9 Å². The van der Waals surface area contributed by atoms with Crippen molar-refractivity contribution in [2.24, 2.45) is 0 Å². The van der Waals surface area contributed by atoms with Gasteiger partial charge in [-0.05, 0) is 57.8 Å². The van der Waals surface area contributed by atoms with Crippen LogP contribution in [0.3, 0.4) is 0 Å². The van der Waals surface area contributed by atoms with Gasteiger partial charge >= 0.3 is 5.97 Å². The van der Waals surface area contributed by atoms with Crippen LogP contribution in [0.5, 0.6) is 0 Å². The molecule has 2 unspecified atom stereocenters. The maximum atomic E-state index is 12.5. The first-order chi connectivity index (χ1) is 34.5. The third kappa shape index (κ3) is 55.7. The molecule has 3 N–H and O–H groups in total.